The molecule has 5 heteroatoms. The Kier molecular flexibility index (Phi) is 6.99. The Hall–Kier alpha value is -2.82. The first-order valence-corrected chi connectivity index (χ1v) is 9.35. The molecule has 144 valence electrons. The van der Waals surface area contributed by atoms with Crippen molar-refractivity contribution in [3.63, 3.8) is 0 Å². The molecule has 2 aromatic rings. The molecular formula is C22H29N3O2. The Bertz CT molecular complexity index is 796. The zero-order valence-corrected chi connectivity index (χ0v) is 16.9. The predicted molar refractivity (Wildman–Crippen MR) is 113 cm³/mol. The minimum Gasteiger partial charge on any atom is -0.372 e. The molecular weight excluding hydrogens is 338 g/mol. The zero-order chi connectivity index (χ0) is 20.0. The minimum absolute atomic E-state index is 0.0206. The molecule has 0 unspecified atom stereocenters. The maximum atomic E-state index is 12.5. The van der Waals surface area contributed by atoms with Crippen LogP contribution >= 0.6 is 0 Å². The third-order valence-electron chi connectivity index (χ3n) is 4.63. The molecule has 0 aliphatic carbocycles. The SMILES string of the molecule is CCN(CC)c1ccc(N(CC(=O)Nc2ccc(C)cc2C)C(C)=O)cc1. The standard InChI is InChI=1S/C22H29N3O2/c1-6-24(7-2)19-9-11-20(12-10-19)25(18(5)26)15-22(27)23-21-13-8-16(3)14-17(21)4/h8-14H,6-7,15H2,1-5H3,(H,23,27). The second-order valence-electron chi connectivity index (χ2n) is 6.66. The lowest BCUT2D eigenvalue weighted by molar-refractivity contribution is -0.120. The summed E-state index contributed by atoms with van der Waals surface area (Å²) >= 11 is 0. The second-order valence-corrected chi connectivity index (χ2v) is 6.66. The van der Waals surface area contributed by atoms with Crippen molar-refractivity contribution in [3.05, 3.63) is 53.6 Å². The van der Waals surface area contributed by atoms with E-state index in [0.29, 0.717) is 5.69 Å². The van der Waals surface area contributed by atoms with Crippen molar-refractivity contribution in [1.82, 2.24) is 0 Å². The molecule has 0 saturated carbocycles. The number of rotatable bonds is 7. The molecule has 0 radical (unpaired) electrons. The molecule has 1 N–H and O–H groups in total. The van der Waals surface area contributed by atoms with Crippen LogP contribution in [-0.2, 0) is 9.59 Å². The first-order valence-electron chi connectivity index (χ1n) is 9.35. The predicted octanol–water partition coefficient (Wildman–Crippen LogP) is 4.14. The molecule has 0 aromatic heterocycles. The third kappa shape index (κ3) is 5.33. The summed E-state index contributed by atoms with van der Waals surface area (Å²) in [6.45, 7) is 11.5. The lowest BCUT2D eigenvalue weighted by Gasteiger charge is -2.24. The van der Waals surface area contributed by atoms with Crippen molar-refractivity contribution in [2.45, 2.75) is 34.6 Å². The largest absolute Gasteiger partial charge is 0.372 e. The van der Waals surface area contributed by atoms with Gasteiger partial charge in [0.15, 0.2) is 0 Å². The van der Waals surface area contributed by atoms with Gasteiger partial charge < -0.3 is 15.1 Å². The van der Waals surface area contributed by atoms with Gasteiger partial charge >= 0.3 is 0 Å². The van der Waals surface area contributed by atoms with Gasteiger partial charge in [0.2, 0.25) is 11.8 Å². The van der Waals surface area contributed by atoms with E-state index in [1.807, 2.05) is 56.3 Å². The van der Waals surface area contributed by atoms with Crippen LogP contribution in [0, 0.1) is 13.8 Å². The number of carbonyl (C=O) groups is 2. The summed E-state index contributed by atoms with van der Waals surface area (Å²) in [6.07, 6.45) is 0. The highest BCUT2D eigenvalue weighted by atomic mass is 16.2. The highest BCUT2D eigenvalue weighted by Crippen LogP contribution is 2.21. The van der Waals surface area contributed by atoms with Crippen LogP contribution in [0.2, 0.25) is 0 Å². The smallest absolute Gasteiger partial charge is 0.244 e. The molecule has 0 atom stereocenters. The van der Waals surface area contributed by atoms with Crippen molar-refractivity contribution in [3.8, 4) is 0 Å². The Labute approximate surface area is 162 Å². The molecule has 2 amide bonds. The van der Waals surface area contributed by atoms with Crippen molar-refractivity contribution >= 4 is 28.9 Å². The number of nitrogens with one attached hydrogen (secondary N) is 1. The highest BCUT2D eigenvalue weighted by molar-refractivity contribution is 6.02. The number of benzene rings is 2. The molecule has 0 fully saturated rings. The summed E-state index contributed by atoms with van der Waals surface area (Å²) < 4.78 is 0. The van der Waals surface area contributed by atoms with Crippen molar-refractivity contribution in [1.29, 1.82) is 0 Å². The lowest BCUT2D eigenvalue weighted by Crippen LogP contribution is -2.36. The van der Waals surface area contributed by atoms with Crippen molar-refractivity contribution < 1.29 is 9.59 Å². The van der Waals surface area contributed by atoms with E-state index in [1.165, 1.54) is 11.8 Å². The molecule has 0 saturated heterocycles. The summed E-state index contributed by atoms with van der Waals surface area (Å²) in [4.78, 5) is 28.3. The van der Waals surface area contributed by atoms with E-state index in [2.05, 4.69) is 24.1 Å². The van der Waals surface area contributed by atoms with Gasteiger partial charge in [-0.3, -0.25) is 9.59 Å². The first kappa shape index (κ1) is 20.5. The number of carbonyl (C=O) groups excluding carboxylic acids is 2. The van der Waals surface area contributed by atoms with Crippen LogP contribution in [0.3, 0.4) is 0 Å². The monoisotopic (exact) mass is 367 g/mol. The fraction of sp³-hybridized carbons (Fsp3) is 0.364. The summed E-state index contributed by atoms with van der Waals surface area (Å²) in [5.74, 6) is -0.383. The van der Waals surface area contributed by atoms with Crippen LogP contribution in [0.4, 0.5) is 17.1 Å². The van der Waals surface area contributed by atoms with E-state index < -0.39 is 0 Å². The van der Waals surface area contributed by atoms with Crippen LogP contribution in [0.5, 0.6) is 0 Å². The van der Waals surface area contributed by atoms with E-state index in [4.69, 9.17) is 0 Å². The Balaban J connectivity index is 2.13. The molecule has 2 aromatic carbocycles. The van der Waals surface area contributed by atoms with Crippen LogP contribution in [0.15, 0.2) is 42.5 Å². The van der Waals surface area contributed by atoms with Gasteiger partial charge in [0.25, 0.3) is 0 Å². The Morgan fingerprint density at radius 1 is 0.926 bits per heavy atom. The first-order chi connectivity index (χ1) is 12.8. The molecule has 2 rings (SSSR count). The normalized spacial score (nSPS) is 10.4. The van der Waals surface area contributed by atoms with Crippen molar-refractivity contribution in [2.24, 2.45) is 0 Å². The van der Waals surface area contributed by atoms with Gasteiger partial charge in [-0.1, -0.05) is 17.7 Å². The quantitative estimate of drug-likeness (QED) is 0.800. The van der Waals surface area contributed by atoms with Crippen LogP contribution in [0.25, 0.3) is 0 Å². The number of hydrogen-bond donors (Lipinski definition) is 1. The minimum atomic E-state index is -0.218. The number of anilines is 3. The summed E-state index contributed by atoms with van der Waals surface area (Å²) in [6, 6.07) is 13.6. The number of amides is 2. The molecule has 0 aliphatic heterocycles. The molecule has 0 bridgehead atoms. The van der Waals surface area contributed by atoms with E-state index in [-0.39, 0.29) is 18.4 Å². The lowest BCUT2D eigenvalue weighted by atomic mass is 10.1. The zero-order valence-electron chi connectivity index (χ0n) is 16.9. The van der Waals surface area contributed by atoms with Crippen molar-refractivity contribution in [2.75, 3.05) is 34.8 Å². The van der Waals surface area contributed by atoms with Gasteiger partial charge in [-0.2, -0.15) is 0 Å². The van der Waals surface area contributed by atoms with Gasteiger partial charge in [-0.25, -0.2) is 0 Å². The number of hydrogen-bond acceptors (Lipinski definition) is 3. The molecule has 27 heavy (non-hydrogen) atoms. The van der Waals surface area contributed by atoms with Gasteiger partial charge in [-0.15, -0.1) is 0 Å². The summed E-state index contributed by atoms with van der Waals surface area (Å²) in [5.41, 5.74) is 4.73. The van der Waals surface area contributed by atoms with Crippen LogP contribution in [-0.4, -0.2) is 31.4 Å². The second kappa shape index (κ2) is 9.21. The van der Waals surface area contributed by atoms with E-state index >= 15 is 0 Å². The molecule has 5 nitrogen and oxygen atoms in total. The molecule has 0 spiro atoms. The van der Waals surface area contributed by atoms with Crippen LogP contribution in [0.1, 0.15) is 31.9 Å². The van der Waals surface area contributed by atoms with Gasteiger partial charge in [0.05, 0.1) is 0 Å². The van der Waals surface area contributed by atoms with E-state index in [9.17, 15) is 9.59 Å². The van der Waals surface area contributed by atoms with Gasteiger partial charge in [0, 0.05) is 37.1 Å². The molecule has 0 aliphatic rings. The average molecular weight is 367 g/mol. The summed E-state index contributed by atoms with van der Waals surface area (Å²) in [5, 5.41) is 2.90. The summed E-state index contributed by atoms with van der Waals surface area (Å²) in [7, 11) is 0. The Morgan fingerprint density at radius 3 is 2.04 bits per heavy atom. The van der Waals surface area contributed by atoms with Gasteiger partial charge in [-0.05, 0) is 63.6 Å². The van der Waals surface area contributed by atoms with E-state index in [1.54, 1.807) is 0 Å². The topological polar surface area (TPSA) is 52.6 Å². The molecule has 0 heterocycles. The van der Waals surface area contributed by atoms with Crippen LogP contribution < -0.4 is 15.1 Å². The van der Waals surface area contributed by atoms with E-state index in [0.717, 1.165) is 35.6 Å². The highest BCUT2D eigenvalue weighted by Gasteiger charge is 2.17. The Morgan fingerprint density at radius 2 is 1.52 bits per heavy atom. The third-order valence-corrected chi connectivity index (χ3v) is 4.63. The maximum Gasteiger partial charge on any atom is 0.244 e. The number of nitrogens with zero attached hydrogens (tertiary/aromatic N) is 2. The fourth-order valence-corrected chi connectivity index (χ4v) is 3.10. The van der Waals surface area contributed by atoms with Gasteiger partial charge in [0.1, 0.15) is 6.54 Å². The number of aryl methyl sites for hydroxylation is 2. The fourth-order valence-electron chi connectivity index (χ4n) is 3.10. The maximum absolute atomic E-state index is 12.5. The average Bonchev–Trinajstić information content (AvgIpc) is 2.63.